The first-order chi connectivity index (χ1) is 10.6. The molecular weight excluding hydrogens is 286 g/mol. The van der Waals surface area contributed by atoms with E-state index in [1.165, 1.54) is 6.42 Å². The van der Waals surface area contributed by atoms with Gasteiger partial charge in [-0.2, -0.15) is 0 Å². The molecule has 1 saturated heterocycles. The highest BCUT2D eigenvalue weighted by atomic mass is 16.6. The van der Waals surface area contributed by atoms with Gasteiger partial charge in [-0.1, -0.05) is 26.2 Å². The number of esters is 1. The second kappa shape index (κ2) is 11.4. The standard InChI is InChI=1S/C16H29NO5/c1-3-4-5-6-9-17-15(18)12-22-16(19)13(2)21-11-14-8-7-10-20-14/h13-14H,3-12H2,1-2H3,(H,17,18). The highest BCUT2D eigenvalue weighted by Crippen LogP contribution is 2.12. The van der Waals surface area contributed by atoms with Gasteiger partial charge < -0.3 is 19.5 Å². The van der Waals surface area contributed by atoms with Crippen LogP contribution < -0.4 is 5.32 Å². The SMILES string of the molecule is CCCCCCNC(=O)COC(=O)C(C)OCC1CCCO1. The Morgan fingerprint density at radius 2 is 2.14 bits per heavy atom. The minimum atomic E-state index is -0.679. The Balaban J connectivity index is 2.03. The molecule has 1 aliphatic rings. The summed E-state index contributed by atoms with van der Waals surface area (Å²) < 4.78 is 15.8. The van der Waals surface area contributed by atoms with Gasteiger partial charge in [0.05, 0.1) is 12.7 Å². The Hall–Kier alpha value is -1.14. The first-order valence-electron chi connectivity index (χ1n) is 8.30. The Bertz CT molecular complexity index is 328. The van der Waals surface area contributed by atoms with E-state index in [1.807, 2.05) is 0 Å². The summed E-state index contributed by atoms with van der Waals surface area (Å²) in [6, 6.07) is 0. The molecule has 0 bridgehead atoms. The summed E-state index contributed by atoms with van der Waals surface area (Å²) in [5.74, 6) is -0.782. The van der Waals surface area contributed by atoms with Crippen molar-refractivity contribution in [3.05, 3.63) is 0 Å². The van der Waals surface area contributed by atoms with Crippen molar-refractivity contribution in [2.75, 3.05) is 26.4 Å². The third kappa shape index (κ3) is 8.34. The van der Waals surface area contributed by atoms with E-state index in [0.717, 1.165) is 38.7 Å². The number of rotatable bonds is 11. The van der Waals surface area contributed by atoms with Gasteiger partial charge in [-0.15, -0.1) is 0 Å². The number of nitrogens with one attached hydrogen (secondary N) is 1. The van der Waals surface area contributed by atoms with E-state index in [2.05, 4.69) is 12.2 Å². The highest BCUT2D eigenvalue weighted by Gasteiger charge is 2.21. The molecule has 1 heterocycles. The Kier molecular flexibility index (Phi) is 9.82. The first kappa shape index (κ1) is 18.9. The summed E-state index contributed by atoms with van der Waals surface area (Å²) in [6.07, 6.45) is 5.77. The van der Waals surface area contributed by atoms with Crippen molar-refractivity contribution in [2.45, 2.75) is 64.6 Å². The fourth-order valence-electron chi connectivity index (χ4n) is 2.18. The van der Waals surface area contributed by atoms with Crippen LogP contribution in [0.25, 0.3) is 0 Å². The van der Waals surface area contributed by atoms with Crippen LogP contribution in [0.3, 0.4) is 0 Å². The zero-order valence-corrected chi connectivity index (χ0v) is 13.8. The molecular formula is C16H29NO5. The fourth-order valence-corrected chi connectivity index (χ4v) is 2.18. The molecule has 0 aromatic heterocycles. The van der Waals surface area contributed by atoms with Crippen molar-refractivity contribution in [3.8, 4) is 0 Å². The van der Waals surface area contributed by atoms with E-state index in [0.29, 0.717) is 13.2 Å². The van der Waals surface area contributed by atoms with Gasteiger partial charge in [0.15, 0.2) is 12.7 Å². The van der Waals surface area contributed by atoms with Crippen LogP contribution in [-0.2, 0) is 23.8 Å². The number of carbonyl (C=O) groups is 2. The van der Waals surface area contributed by atoms with Gasteiger partial charge in [0.2, 0.25) is 0 Å². The number of unbranched alkanes of at least 4 members (excludes halogenated alkanes) is 3. The Labute approximate surface area is 132 Å². The molecule has 128 valence electrons. The minimum absolute atomic E-state index is 0.0710. The van der Waals surface area contributed by atoms with Gasteiger partial charge in [0.1, 0.15) is 0 Å². The van der Waals surface area contributed by atoms with Gasteiger partial charge in [-0.25, -0.2) is 4.79 Å². The van der Waals surface area contributed by atoms with Crippen molar-refractivity contribution >= 4 is 11.9 Å². The van der Waals surface area contributed by atoms with Crippen LogP contribution in [-0.4, -0.2) is 50.4 Å². The molecule has 22 heavy (non-hydrogen) atoms. The maximum Gasteiger partial charge on any atom is 0.335 e. The summed E-state index contributed by atoms with van der Waals surface area (Å²) >= 11 is 0. The van der Waals surface area contributed by atoms with Crippen molar-refractivity contribution in [1.29, 1.82) is 0 Å². The average molecular weight is 315 g/mol. The molecule has 1 aliphatic heterocycles. The summed E-state index contributed by atoms with van der Waals surface area (Å²) in [5.41, 5.74) is 0. The molecule has 6 heteroatoms. The summed E-state index contributed by atoms with van der Waals surface area (Å²) in [7, 11) is 0. The molecule has 1 N–H and O–H groups in total. The van der Waals surface area contributed by atoms with Crippen LogP contribution in [0.15, 0.2) is 0 Å². The maximum absolute atomic E-state index is 11.7. The number of amides is 1. The van der Waals surface area contributed by atoms with Crippen LogP contribution in [0.1, 0.15) is 52.4 Å². The molecule has 6 nitrogen and oxygen atoms in total. The van der Waals surface area contributed by atoms with E-state index < -0.39 is 12.1 Å². The maximum atomic E-state index is 11.7. The number of carbonyl (C=O) groups excluding carboxylic acids is 2. The molecule has 0 radical (unpaired) electrons. The summed E-state index contributed by atoms with van der Waals surface area (Å²) in [5, 5.41) is 2.74. The third-order valence-electron chi connectivity index (χ3n) is 3.59. The number of hydrogen-bond donors (Lipinski definition) is 1. The number of hydrogen-bond acceptors (Lipinski definition) is 5. The molecule has 0 aromatic rings. The number of ether oxygens (including phenoxy) is 3. The Morgan fingerprint density at radius 1 is 1.32 bits per heavy atom. The smallest absolute Gasteiger partial charge is 0.335 e. The van der Waals surface area contributed by atoms with Crippen molar-refractivity contribution in [3.63, 3.8) is 0 Å². The van der Waals surface area contributed by atoms with E-state index in [4.69, 9.17) is 14.2 Å². The molecule has 0 spiro atoms. The quantitative estimate of drug-likeness (QED) is 0.465. The summed E-state index contributed by atoms with van der Waals surface area (Å²) in [6.45, 7) is 5.28. The van der Waals surface area contributed by atoms with Crippen LogP contribution in [0.5, 0.6) is 0 Å². The lowest BCUT2D eigenvalue weighted by Crippen LogP contribution is -2.33. The normalized spacial score (nSPS) is 18.9. The first-order valence-corrected chi connectivity index (χ1v) is 8.30. The van der Waals surface area contributed by atoms with Gasteiger partial charge in [0, 0.05) is 13.2 Å². The van der Waals surface area contributed by atoms with E-state index in [-0.39, 0.29) is 18.6 Å². The largest absolute Gasteiger partial charge is 0.454 e. The fraction of sp³-hybridized carbons (Fsp3) is 0.875. The summed E-state index contributed by atoms with van der Waals surface area (Å²) in [4.78, 5) is 23.2. The zero-order valence-electron chi connectivity index (χ0n) is 13.8. The highest BCUT2D eigenvalue weighted by molar-refractivity contribution is 5.81. The van der Waals surface area contributed by atoms with Crippen molar-refractivity contribution in [1.82, 2.24) is 5.32 Å². The van der Waals surface area contributed by atoms with Gasteiger partial charge in [0.25, 0.3) is 5.91 Å². The van der Waals surface area contributed by atoms with Crippen LogP contribution in [0, 0.1) is 0 Å². The molecule has 1 fully saturated rings. The van der Waals surface area contributed by atoms with E-state index in [9.17, 15) is 9.59 Å². The van der Waals surface area contributed by atoms with E-state index in [1.54, 1.807) is 6.92 Å². The lowest BCUT2D eigenvalue weighted by atomic mass is 10.2. The zero-order chi connectivity index (χ0) is 16.2. The second-order valence-corrected chi connectivity index (χ2v) is 5.63. The molecule has 2 unspecified atom stereocenters. The predicted octanol–water partition coefficient (Wildman–Crippen LogP) is 1.81. The van der Waals surface area contributed by atoms with Gasteiger partial charge in [-0.05, 0) is 26.2 Å². The Morgan fingerprint density at radius 3 is 2.82 bits per heavy atom. The van der Waals surface area contributed by atoms with Crippen molar-refractivity contribution < 1.29 is 23.8 Å². The molecule has 0 aliphatic carbocycles. The van der Waals surface area contributed by atoms with Gasteiger partial charge in [-0.3, -0.25) is 4.79 Å². The topological polar surface area (TPSA) is 73.9 Å². The minimum Gasteiger partial charge on any atom is -0.454 e. The predicted molar refractivity (Wildman–Crippen MR) is 82.5 cm³/mol. The monoisotopic (exact) mass is 315 g/mol. The molecule has 2 atom stereocenters. The third-order valence-corrected chi connectivity index (χ3v) is 3.59. The lowest BCUT2D eigenvalue weighted by Gasteiger charge is -2.15. The van der Waals surface area contributed by atoms with Crippen LogP contribution in [0.2, 0.25) is 0 Å². The second-order valence-electron chi connectivity index (χ2n) is 5.63. The lowest BCUT2D eigenvalue weighted by molar-refractivity contribution is -0.160. The average Bonchev–Trinajstić information content (AvgIpc) is 3.03. The van der Waals surface area contributed by atoms with Crippen molar-refractivity contribution in [2.24, 2.45) is 0 Å². The molecule has 1 amide bonds. The molecule has 1 rings (SSSR count). The van der Waals surface area contributed by atoms with Crippen LogP contribution >= 0.6 is 0 Å². The van der Waals surface area contributed by atoms with Gasteiger partial charge >= 0.3 is 5.97 Å². The molecule has 0 saturated carbocycles. The molecule has 0 aromatic carbocycles. The van der Waals surface area contributed by atoms with E-state index >= 15 is 0 Å². The van der Waals surface area contributed by atoms with Crippen LogP contribution in [0.4, 0.5) is 0 Å².